The van der Waals surface area contributed by atoms with E-state index in [0.717, 1.165) is 21.6 Å². The molecule has 0 radical (unpaired) electrons. The first-order valence-electron chi connectivity index (χ1n) is 42.8. The summed E-state index contributed by atoms with van der Waals surface area (Å²) >= 11 is 0.840. The van der Waals surface area contributed by atoms with Crippen molar-refractivity contribution in [1.82, 2.24) is 76.9 Å². The Hall–Kier alpha value is -12.7. The summed E-state index contributed by atoms with van der Waals surface area (Å²) in [6.07, 6.45) is 0.903. The summed E-state index contributed by atoms with van der Waals surface area (Å²) in [5, 5.41) is 42.8. The minimum atomic E-state index is -1.88. The largest absolute Gasteiger partial charge is 0.508 e. The number of amides is 15. The Kier molecular flexibility index (Phi) is 35.9. The molecule has 5 aromatic carbocycles. The normalized spacial score (nSPS) is 24.2. The molecule has 3 aliphatic heterocycles. The van der Waals surface area contributed by atoms with Gasteiger partial charge in [0.15, 0.2) is 0 Å². The number of unbranched alkanes of at least 4 members (excludes halogenated alkanes) is 1. The third-order valence-corrected chi connectivity index (χ3v) is 24.1. The van der Waals surface area contributed by atoms with Gasteiger partial charge in [-0.05, 0) is 90.0 Å². The van der Waals surface area contributed by atoms with E-state index < -0.39 is 204 Å². The number of nitrogens with two attached hydrogens (primary N) is 2. The quantitative estimate of drug-likeness (QED) is 0.0484. The molecule has 1 unspecified atom stereocenters. The first kappa shape index (κ1) is 98.1. The monoisotopic (exact) mass is 1770 g/mol. The van der Waals surface area contributed by atoms with Gasteiger partial charge in [-0.2, -0.15) is 0 Å². The number of aromatic amines is 1. The Morgan fingerprint density at radius 1 is 0.535 bits per heavy atom. The zero-order valence-corrected chi connectivity index (χ0v) is 73.9. The highest BCUT2D eigenvalue weighted by atomic mass is 32.2. The number of hydrogen-bond acceptors (Lipinski definition) is 19. The summed E-state index contributed by atoms with van der Waals surface area (Å²) in [4.78, 5) is 246. The number of carboxylic acids is 1. The van der Waals surface area contributed by atoms with Crippen LogP contribution in [-0.4, -0.2) is 284 Å². The molecule has 0 spiro atoms. The molecule has 1 aromatic heterocycles. The van der Waals surface area contributed by atoms with Crippen LogP contribution in [-0.2, 0) is 109 Å². The molecular weight excluding hydrogens is 1650 g/mol. The van der Waals surface area contributed by atoms with Crippen molar-refractivity contribution >= 4 is 117 Å². The molecular formula is C91H119N17O18S. The van der Waals surface area contributed by atoms with Gasteiger partial charge in [0.05, 0.1) is 25.3 Å². The van der Waals surface area contributed by atoms with Crippen LogP contribution in [0.25, 0.3) is 10.9 Å². The number of phenolic OH excluding ortho intramolecular Hbond substituents is 1. The number of fused-ring (bicyclic) bond motifs is 3. The molecule has 3 aliphatic rings. The van der Waals surface area contributed by atoms with Crippen molar-refractivity contribution in [1.29, 1.82) is 0 Å². The van der Waals surface area contributed by atoms with E-state index >= 15 is 38.4 Å². The third-order valence-electron chi connectivity index (χ3n) is 23.0. The Morgan fingerprint density at radius 3 is 1.66 bits per heavy atom. The number of carbonyl (C=O) groups is 16. The van der Waals surface area contributed by atoms with E-state index in [2.05, 4.69) is 47.5 Å². The molecule has 0 saturated carbocycles. The SMILES string of the molecule is CCCC[C@H]1C(=O)N(C)CC(=O)NC(CC(=O)O)C(=O)N[C@@H](C(C)C)C(=O)N(C)[C@@H](Cc2ccccc2)C(=O)N2C[C@H](N)C[C@H]2C(=O)N2CCC[C@@H]2C(=O)N[C@@H](Cc2c[nH]c3ccccc23)C(=O)N[C@@H](Cc2ccc(O)cc2)C(=O)N[C@@H](CC(C)C)C(=O)N[C@H](C(=O)NCC(N)=O)CSCC(=O)N[C@@H](Cc2ccccc2)C(=O)N(C)[C@@H](Cc2ccccc2)C(=O)N1C. The number of nitrogens with zero attached hydrogens (tertiary/aromatic N) is 6. The number of likely N-dealkylation sites (N-methyl/N-ethyl adjacent to an activating group) is 4. The zero-order valence-electron chi connectivity index (χ0n) is 73.1. The second-order valence-corrected chi connectivity index (χ2v) is 34.6. The predicted octanol–water partition coefficient (Wildman–Crippen LogP) is 1.35. The molecule has 6 aromatic rings. The number of aromatic hydroxyl groups is 1. The van der Waals surface area contributed by atoms with Crippen LogP contribution < -0.4 is 54.0 Å². The Labute approximate surface area is 742 Å². The molecule has 0 bridgehead atoms. The number of carboxylic acid groups (broad SMARTS) is 1. The molecule has 682 valence electrons. The number of hydrogen-bond donors (Lipinski definition) is 13. The first-order chi connectivity index (χ1) is 60.5. The van der Waals surface area contributed by atoms with Crippen molar-refractivity contribution in [2.24, 2.45) is 23.3 Å². The molecule has 3 saturated heterocycles. The fraction of sp³-hybridized carbons (Fsp3) is 0.473. The number of carbonyl (C=O) groups excluding carboxylic acids is 15. The number of para-hydroxylation sites is 1. The lowest BCUT2D eigenvalue weighted by Gasteiger charge is -2.37. The molecule has 35 nitrogen and oxygen atoms in total. The predicted molar refractivity (Wildman–Crippen MR) is 474 cm³/mol. The van der Waals surface area contributed by atoms with E-state index in [1.807, 2.05) is 6.92 Å². The van der Waals surface area contributed by atoms with E-state index in [-0.39, 0.29) is 94.7 Å². The van der Waals surface area contributed by atoms with Gasteiger partial charge in [0.2, 0.25) is 88.6 Å². The standard InChI is InChI=1S/C91H119N17O18S/c1-10-11-32-71-87(122)103(6)50-76(111)96-67(46-78(113)114)84(119)102-79(54(4)5)91(126)106(9)73(43-57-28-19-14-20-29-57)89(124)108-49-60(92)45-74(108)90(125)107-38-23-33-70(107)85(120)100-66(44-59-47-94-63-31-22-21-30-62(59)63)83(118)99-65(40-58-34-36-61(109)37-35-58)82(117)98-64(39-53(2)3)81(116)101-69(80(115)95-48-75(93)110)51-127-52-77(112)97-68(41-55-24-15-12-16-25-55)86(121)105(8)72(88(123)104(71)7)42-56-26-17-13-18-27-56/h12-22,24-31,34-37,47,53-54,60,64-74,79,94,109H,10-11,23,32-33,38-46,48-52,92H2,1-9H3,(H2,93,110)(H,95,115)(H,96,111)(H,97,112)(H,98,117)(H,99,118)(H,100,120)(H,101,116)(H,102,119)(H,113,114)/t60-,64+,65+,66+,67?,68+,69+,70-,71+,72+,73+,74+,79+/m1/s1. The second kappa shape index (κ2) is 46.5. The maximum absolute atomic E-state index is 15.7. The lowest BCUT2D eigenvalue weighted by Crippen LogP contribution is -2.61. The van der Waals surface area contributed by atoms with Crippen LogP contribution in [0.1, 0.15) is 114 Å². The highest BCUT2D eigenvalue weighted by Crippen LogP contribution is 2.30. The molecule has 0 aliphatic carbocycles. The maximum Gasteiger partial charge on any atom is 0.305 e. The lowest BCUT2D eigenvalue weighted by atomic mass is 9.98. The zero-order chi connectivity index (χ0) is 92.5. The van der Waals surface area contributed by atoms with Crippen LogP contribution in [0.4, 0.5) is 0 Å². The van der Waals surface area contributed by atoms with Crippen molar-refractivity contribution in [3.05, 3.63) is 174 Å². The molecule has 36 heteroatoms. The maximum atomic E-state index is 15.7. The van der Waals surface area contributed by atoms with Gasteiger partial charge < -0.3 is 98.6 Å². The van der Waals surface area contributed by atoms with Gasteiger partial charge in [0.25, 0.3) is 0 Å². The van der Waals surface area contributed by atoms with E-state index in [1.165, 1.54) is 72.1 Å². The van der Waals surface area contributed by atoms with Crippen LogP contribution in [0.2, 0.25) is 0 Å². The summed E-state index contributed by atoms with van der Waals surface area (Å²) in [5.74, 6) is -16.4. The number of rotatable bonds is 21. The van der Waals surface area contributed by atoms with E-state index in [4.69, 9.17) is 11.5 Å². The summed E-state index contributed by atoms with van der Waals surface area (Å²) in [6.45, 7) is 6.90. The molecule has 127 heavy (non-hydrogen) atoms. The number of benzene rings is 5. The summed E-state index contributed by atoms with van der Waals surface area (Å²) in [7, 11) is 5.36. The minimum Gasteiger partial charge on any atom is -0.508 e. The second-order valence-electron chi connectivity index (χ2n) is 33.6. The van der Waals surface area contributed by atoms with Crippen LogP contribution >= 0.6 is 11.8 Å². The van der Waals surface area contributed by atoms with E-state index in [1.54, 1.807) is 149 Å². The van der Waals surface area contributed by atoms with Crippen molar-refractivity contribution in [3.63, 3.8) is 0 Å². The van der Waals surface area contributed by atoms with Gasteiger partial charge >= 0.3 is 5.97 Å². The minimum absolute atomic E-state index is 0.00532. The Balaban J connectivity index is 1.11. The molecule has 15 N–H and O–H groups in total. The fourth-order valence-electron chi connectivity index (χ4n) is 16.1. The number of primary amides is 1. The van der Waals surface area contributed by atoms with E-state index in [9.17, 15) is 48.6 Å². The van der Waals surface area contributed by atoms with E-state index in [0.29, 0.717) is 51.6 Å². The Morgan fingerprint density at radius 2 is 1.06 bits per heavy atom. The average Bonchev–Trinajstić information content (AvgIpc) is 1.58. The smallest absolute Gasteiger partial charge is 0.305 e. The van der Waals surface area contributed by atoms with Gasteiger partial charge in [0, 0.05) is 102 Å². The lowest BCUT2D eigenvalue weighted by molar-refractivity contribution is -0.152. The highest BCUT2D eigenvalue weighted by Gasteiger charge is 2.49. The molecule has 4 heterocycles. The first-order valence-corrected chi connectivity index (χ1v) is 44.0. The Bertz CT molecular complexity index is 4890. The number of thioether (sulfide) groups is 1. The highest BCUT2D eigenvalue weighted by molar-refractivity contribution is 8.00. The summed E-state index contributed by atoms with van der Waals surface area (Å²) < 4.78 is 0. The average molecular weight is 1770 g/mol. The summed E-state index contributed by atoms with van der Waals surface area (Å²) in [5.41, 5.74) is 15.6. The van der Waals surface area contributed by atoms with Crippen molar-refractivity contribution in [2.75, 3.05) is 65.9 Å². The van der Waals surface area contributed by atoms with Gasteiger partial charge in [-0.3, -0.25) is 76.7 Å². The number of aliphatic carboxylic acids is 1. The molecule has 13 atom stereocenters. The van der Waals surface area contributed by atoms with Gasteiger partial charge in [-0.15, -0.1) is 11.8 Å². The van der Waals surface area contributed by atoms with Gasteiger partial charge in [-0.1, -0.05) is 169 Å². The molecule has 15 amide bonds. The number of phenols is 1. The van der Waals surface area contributed by atoms with Crippen LogP contribution in [0, 0.1) is 11.8 Å². The topological polar surface area (TPSA) is 497 Å². The number of aromatic nitrogens is 1. The molecule has 9 rings (SSSR count). The van der Waals surface area contributed by atoms with Crippen molar-refractivity contribution in [2.45, 2.75) is 197 Å². The summed E-state index contributed by atoms with van der Waals surface area (Å²) in [6, 6.07) is 20.5. The van der Waals surface area contributed by atoms with Gasteiger partial charge in [-0.25, -0.2) is 0 Å². The molecule has 3 fully saturated rings. The van der Waals surface area contributed by atoms with Crippen molar-refractivity contribution in [3.8, 4) is 5.75 Å². The van der Waals surface area contributed by atoms with Crippen LogP contribution in [0.5, 0.6) is 5.75 Å². The van der Waals surface area contributed by atoms with Crippen LogP contribution in [0.15, 0.2) is 146 Å². The fourth-order valence-corrected chi connectivity index (χ4v) is 17.0. The van der Waals surface area contributed by atoms with Crippen LogP contribution in [0.3, 0.4) is 0 Å². The number of H-pyrrole nitrogens is 1. The van der Waals surface area contributed by atoms with Gasteiger partial charge in [0.1, 0.15) is 78.3 Å². The number of nitrogens with one attached hydrogen (secondary N) is 9. The third kappa shape index (κ3) is 27.4. The van der Waals surface area contributed by atoms with Crippen molar-refractivity contribution < 1.29 is 86.9 Å².